The minimum atomic E-state index is 0.286. The van der Waals surface area contributed by atoms with Crippen molar-refractivity contribution in [2.75, 3.05) is 13.1 Å². The van der Waals surface area contributed by atoms with E-state index in [1.165, 1.54) is 30.5 Å². The standard InChI is InChI=1S/C15H24N2/c1-12(13(2)16)10-17-9-5-8-14-6-3-4-7-15(14)11-17/h3-4,6-7,12-13H,5,8-11,16H2,1-2H3. The van der Waals surface area contributed by atoms with Gasteiger partial charge in [0.2, 0.25) is 0 Å². The van der Waals surface area contributed by atoms with Crippen molar-refractivity contribution < 1.29 is 0 Å². The first-order valence-corrected chi connectivity index (χ1v) is 6.71. The van der Waals surface area contributed by atoms with Crippen LogP contribution in [0.5, 0.6) is 0 Å². The molecule has 2 unspecified atom stereocenters. The molecule has 0 spiro atoms. The molecule has 2 nitrogen and oxygen atoms in total. The van der Waals surface area contributed by atoms with Crippen LogP contribution in [-0.2, 0) is 13.0 Å². The first-order chi connectivity index (χ1) is 8.16. The Morgan fingerprint density at radius 2 is 1.94 bits per heavy atom. The van der Waals surface area contributed by atoms with E-state index >= 15 is 0 Å². The molecule has 0 fully saturated rings. The molecule has 1 aliphatic rings. The number of rotatable bonds is 3. The van der Waals surface area contributed by atoms with Gasteiger partial charge >= 0.3 is 0 Å². The SMILES string of the molecule is CC(N)C(C)CN1CCCc2ccccc2C1. The molecule has 2 N–H and O–H groups in total. The first kappa shape index (κ1) is 12.6. The molecular weight excluding hydrogens is 208 g/mol. The average molecular weight is 232 g/mol. The van der Waals surface area contributed by atoms with Gasteiger partial charge in [-0.15, -0.1) is 0 Å². The minimum absolute atomic E-state index is 0.286. The average Bonchev–Trinajstić information content (AvgIpc) is 2.50. The fraction of sp³-hybridized carbons (Fsp3) is 0.600. The number of hydrogen-bond donors (Lipinski definition) is 1. The van der Waals surface area contributed by atoms with Gasteiger partial charge in [0.05, 0.1) is 0 Å². The molecule has 0 bridgehead atoms. The maximum atomic E-state index is 5.96. The quantitative estimate of drug-likeness (QED) is 0.867. The van der Waals surface area contributed by atoms with Crippen LogP contribution in [0.1, 0.15) is 31.4 Å². The van der Waals surface area contributed by atoms with E-state index in [2.05, 4.69) is 43.0 Å². The van der Waals surface area contributed by atoms with Crippen LogP contribution < -0.4 is 5.73 Å². The minimum Gasteiger partial charge on any atom is -0.328 e. The summed E-state index contributed by atoms with van der Waals surface area (Å²) in [5.41, 5.74) is 8.99. The fourth-order valence-corrected chi connectivity index (χ4v) is 2.50. The van der Waals surface area contributed by atoms with Crippen LogP contribution in [0.4, 0.5) is 0 Å². The summed E-state index contributed by atoms with van der Waals surface area (Å²) in [6.45, 7) is 7.77. The number of benzene rings is 1. The molecule has 0 aliphatic carbocycles. The monoisotopic (exact) mass is 232 g/mol. The summed E-state index contributed by atoms with van der Waals surface area (Å²) >= 11 is 0. The maximum absolute atomic E-state index is 5.96. The molecule has 0 aromatic heterocycles. The van der Waals surface area contributed by atoms with E-state index in [0.717, 1.165) is 13.1 Å². The van der Waals surface area contributed by atoms with Crippen molar-refractivity contribution in [1.29, 1.82) is 0 Å². The van der Waals surface area contributed by atoms with Crippen LogP contribution in [0.2, 0.25) is 0 Å². The van der Waals surface area contributed by atoms with Gasteiger partial charge in [-0.25, -0.2) is 0 Å². The number of nitrogens with two attached hydrogens (primary N) is 1. The van der Waals surface area contributed by atoms with Gasteiger partial charge in [-0.05, 0) is 43.4 Å². The summed E-state index contributed by atoms with van der Waals surface area (Å²) in [5.74, 6) is 0.570. The van der Waals surface area contributed by atoms with Gasteiger partial charge < -0.3 is 5.73 Å². The predicted octanol–water partition coefficient (Wildman–Crippen LogP) is 2.42. The van der Waals surface area contributed by atoms with E-state index in [9.17, 15) is 0 Å². The van der Waals surface area contributed by atoms with E-state index in [1.54, 1.807) is 0 Å². The second-order valence-electron chi connectivity index (χ2n) is 5.44. The largest absolute Gasteiger partial charge is 0.328 e. The highest BCUT2D eigenvalue weighted by Crippen LogP contribution is 2.19. The van der Waals surface area contributed by atoms with E-state index < -0.39 is 0 Å². The van der Waals surface area contributed by atoms with Gasteiger partial charge in [-0.3, -0.25) is 4.90 Å². The fourth-order valence-electron chi connectivity index (χ4n) is 2.50. The van der Waals surface area contributed by atoms with Gasteiger partial charge in [0.25, 0.3) is 0 Å². The van der Waals surface area contributed by atoms with E-state index in [0.29, 0.717) is 5.92 Å². The first-order valence-electron chi connectivity index (χ1n) is 6.71. The molecule has 0 amide bonds. The Morgan fingerprint density at radius 3 is 2.65 bits per heavy atom. The topological polar surface area (TPSA) is 29.3 Å². The van der Waals surface area contributed by atoms with E-state index in [1.807, 2.05) is 0 Å². The molecule has 0 saturated carbocycles. The lowest BCUT2D eigenvalue weighted by Gasteiger charge is -2.26. The smallest absolute Gasteiger partial charge is 0.0236 e. The Kier molecular flexibility index (Phi) is 4.19. The number of fused-ring (bicyclic) bond motifs is 1. The lowest BCUT2D eigenvalue weighted by Crippen LogP contribution is -2.36. The van der Waals surface area contributed by atoms with Gasteiger partial charge in [-0.2, -0.15) is 0 Å². The number of aryl methyl sites for hydroxylation is 1. The molecule has 94 valence electrons. The normalized spacial score (nSPS) is 20.4. The maximum Gasteiger partial charge on any atom is 0.0236 e. The van der Waals surface area contributed by atoms with Crippen LogP contribution in [-0.4, -0.2) is 24.0 Å². The van der Waals surface area contributed by atoms with Crippen LogP contribution >= 0.6 is 0 Å². The Bertz CT molecular complexity index is 360. The van der Waals surface area contributed by atoms with Crippen molar-refractivity contribution in [1.82, 2.24) is 4.90 Å². The molecule has 0 radical (unpaired) electrons. The van der Waals surface area contributed by atoms with Gasteiger partial charge in [0, 0.05) is 19.1 Å². The lowest BCUT2D eigenvalue weighted by atomic mass is 10.0. The molecule has 1 aromatic rings. The zero-order chi connectivity index (χ0) is 12.3. The molecule has 17 heavy (non-hydrogen) atoms. The van der Waals surface area contributed by atoms with Crippen molar-refractivity contribution >= 4 is 0 Å². The third-order valence-corrected chi connectivity index (χ3v) is 3.88. The molecule has 0 saturated heterocycles. The van der Waals surface area contributed by atoms with Crippen LogP contribution in [0.25, 0.3) is 0 Å². The summed E-state index contributed by atoms with van der Waals surface area (Å²) in [7, 11) is 0. The van der Waals surface area contributed by atoms with Crippen LogP contribution in [0.15, 0.2) is 24.3 Å². The third-order valence-electron chi connectivity index (χ3n) is 3.88. The van der Waals surface area contributed by atoms with Crippen LogP contribution in [0, 0.1) is 5.92 Å². The molecule has 1 heterocycles. The predicted molar refractivity (Wildman–Crippen MR) is 72.9 cm³/mol. The third kappa shape index (κ3) is 3.30. The summed E-state index contributed by atoms with van der Waals surface area (Å²) in [4.78, 5) is 2.56. The zero-order valence-corrected chi connectivity index (χ0v) is 11.0. The van der Waals surface area contributed by atoms with Crippen molar-refractivity contribution in [2.24, 2.45) is 11.7 Å². The summed E-state index contributed by atoms with van der Waals surface area (Å²) < 4.78 is 0. The summed E-state index contributed by atoms with van der Waals surface area (Å²) in [6.07, 6.45) is 2.49. The summed E-state index contributed by atoms with van der Waals surface area (Å²) in [5, 5.41) is 0. The summed E-state index contributed by atoms with van der Waals surface area (Å²) in [6, 6.07) is 9.13. The molecule has 2 rings (SSSR count). The lowest BCUT2D eigenvalue weighted by molar-refractivity contribution is 0.220. The second-order valence-corrected chi connectivity index (χ2v) is 5.44. The highest BCUT2D eigenvalue weighted by Gasteiger charge is 2.17. The second kappa shape index (κ2) is 5.65. The van der Waals surface area contributed by atoms with Gasteiger partial charge in [0.15, 0.2) is 0 Å². The molecule has 1 aromatic carbocycles. The van der Waals surface area contributed by atoms with Crippen molar-refractivity contribution in [3.63, 3.8) is 0 Å². The number of hydrogen-bond acceptors (Lipinski definition) is 2. The van der Waals surface area contributed by atoms with Crippen LogP contribution in [0.3, 0.4) is 0 Å². The van der Waals surface area contributed by atoms with Crippen molar-refractivity contribution in [2.45, 2.75) is 39.3 Å². The molecule has 1 aliphatic heterocycles. The van der Waals surface area contributed by atoms with Crippen molar-refractivity contribution in [3.05, 3.63) is 35.4 Å². The molecule has 2 atom stereocenters. The Labute approximate surface area is 105 Å². The highest BCUT2D eigenvalue weighted by atomic mass is 15.1. The zero-order valence-electron chi connectivity index (χ0n) is 11.0. The molecular formula is C15H24N2. The van der Waals surface area contributed by atoms with Crippen molar-refractivity contribution in [3.8, 4) is 0 Å². The van der Waals surface area contributed by atoms with E-state index in [4.69, 9.17) is 5.73 Å². The Balaban J connectivity index is 2.03. The number of nitrogens with zero attached hydrogens (tertiary/aromatic N) is 1. The Morgan fingerprint density at radius 1 is 1.24 bits per heavy atom. The van der Waals surface area contributed by atoms with E-state index in [-0.39, 0.29) is 6.04 Å². The van der Waals surface area contributed by atoms with Gasteiger partial charge in [0.1, 0.15) is 0 Å². The Hall–Kier alpha value is -0.860. The van der Waals surface area contributed by atoms with Gasteiger partial charge in [-0.1, -0.05) is 31.2 Å². The molecule has 2 heteroatoms. The highest BCUT2D eigenvalue weighted by molar-refractivity contribution is 5.27.